The van der Waals surface area contributed by atoms with Gasteiger partial charge in [-0.1, -0.05) is 13.3 Å². The minimum Gasteiger partial charge on any atom is -0.397 e. The van der Waals surface area contributed by atoms with Gasteiger partial charge in [-0.15, -0.1) is 0 Å². The number of hydrogen-bond acceptors (Lipinski definition) is 5. The van der Waals surface area contributed by atoms with Crippen molar-refractivity contribution in [2.24, 2.45) is 0 Å². The minimum absolute atomic E-state index is 0.103. The topological polar surface area (TPSA) is 107 Å². The van der Waals surface area contributed by atoms with E-state index in [-0.39, 0.29) is 22.3 Å². The fourth-order valence-electron chi connectivity index (χ4n) is 1.88. The molecule has 0 amide bonds. The van der Waals surface area contributed by atoms with E-state index in [0.717, 1.165) is 25.0 Å². The Morgan fingerprint density at radius 3 is 2.50 bits per heavy atom. The van der Waals surface area contributed by atoms with Gasteiger partial charge in [0.05, 0.1) is 10.6 Å². The second-order valence-corrected chi connectivity index (χ2v) is 6.60. The summed E-state index contributed by atoms with van der Waals surface area (Å²) >= 11 is 0. The Hall–Kier alpha value is -1.67. The van der Waals surface area contributed by atoms with Crippen LogP contribution in [0.5, 0.6) is 0 Å². The lowest BCUT2D eigenvalue weighted by Crippen LogP contribution is -2.35. The molecule has 0 aliphatic rings. The number of sulfonamides is 1. The number of anilines is 1. The average molecular weight is 301 g/mol. The first-order valence-corrected chi connectivity index (χ1v) is 7.67. The Morgan fingerprint density at radius 2 is 2.05 bits per heavy atom. The van der Waals surface area contributed by atoms with E-state index in [4.69, 9.17) is 5.73 Å². The number of nitrogens with zero attached hydrogens (tertiary/aromatic N) is 2. The van der Waals surface area contributed by atoms with E-state index in [2.05, 4.69) is 0 Å². The highest BCUT2D eigenvalue weighted by molar-refractivity contribution is 7.89. The smallest absolute Gasteiger partial charge is 0.271 e. The molecule has 7 nitrogen and oxygen atoms in total. The molecule has 0 saturated heterocycles. The number of benzene rings is 1. The Morgan fingerprint density at radius 1 is 1.45 bits per heavy atom. The maximum Gasteiger partial charge on any atom is 0.271 e. The number of nitrogens with two attached hydrogens (primary N) is 1. The third-order valence-electron chi connectivity index (χ3n) is 3.19. The van der Waals surface area contributed by atoms with Gasteiger partial charge in [0.1, 0.15) is 4.90 Å². The van der Waals surface area contributed by atoms with Gasteiger partial charge in [-0.3, -0.25) is 10.1 Å². The van der Waals surface area contributed by atoms with Gasteiger partial charge in [0, 0.05) is 25.2 Å². The monoisotopic (exact) mass is 301 g/mol. The summed E-state index contributed by atoms with van der Waals surface area (Å²) in [5.74, 6) is 0. The van der Waals surface area contributed by atoms with E-state index in [1.807, 2.05) is 13.8 Å². The second-order valence-electron chi connectivity index (χ2n) is 4.64. The molecule has 0 bridgehead atoms. The molecule has 8 heteroatoms. The van der Waals surface area contributed by atoms with E-state index < -0.39 is 14.9 Å². The van der Waals surface area contributed by atoms with Crippen molar-refractivity contribution in [2.45, 2.75) is 37.6 Å². The molecule has 20 heavy (non-hydrogen) atoms. The van der Waals surface area contributed by atoms with Gasteiger partial charge in [-0.2, -0.15) is 4.31 Å². The van der Waals surface area contributed by atoms with Gasteiger partial charge in [0.25, 0.3) is 5.69 Å². The van der Waals surface area contributed by atoms with Crippen LogP contribution in [0.3, 0.4) is 0 Å². The van der Waals surface area contributed by atoms with Gasteiger partial charge >= 0.3 is 0 Å². The molecule has 0 saturated carbocycles. The standard InChI is InChI=1S/C12H19N3O4S/c1-4-5-9(2)14(3)20(18,19)12-7-6-10(15(16)17)8-11(12)13/h6-9H,4-5,13H2,1-3H3. The van der Waals surface area contributed by atoms with Crippen molar-refractivity contribution in [1.82, 2.24) is 4.31 Å². The van der Waals surface area contributed by atoms with E-state index in [1.165, 1.54) is 17.4 Å². The molecule has 1 atom stereocenters. The molecule has 112 valence electrons. The highest BCUT2D eigenvalue weighted by Gasteiger charge is 2.27. The van der Waals surface area contributed by atoms with Crippen molar-refractivity contribution in [3.05, 3.63) is 28.3 Å². The third kappa shape index (κ3) is 3.26. The molecule has 0 fully saturated rings. The quantitative estimate of drug-likeness (QED) is 0.491. The molecule has 1 aromatic carbocycles. The second kappa shape index (κ2) is 6.19. The van der Waals surface area contributed by atoms with Crippen LogP contribution in [0, 0.1) is 10.1 Å². The number of hydrogen-bond donors (Lipinski definition) is 1. The summed E-state index contributed by atoms with van der Waals surface area (Å²) in [6.45, 7) is 3.78. The summed E-state index contributed by atoms with van der Waals surface area (Å²) in [7, 11) is -2.27. The Balaban J connectivity index is 3.19. The van der Waals surface area contributed by atoms with Crippen molar-refractivity contribution < 1.29 is 13.3 Å². The molecule has 1 rings (SSSR count). The van der Waals surface area contributed by atoms with Gasteiger partial charge in [0.15, 0.2) is 0 Å². The molecule has 1 unspecified atom stereocenters. The Kier molecular flexibility index (Phi) is 5.07. The molecule has 0 aliphatic heterocycles. The van der Waals surface area contributed by atoms with Crippen molar-refractivity contribution in [3.8, 4) is 0 Å². The van der Waals surface area contributed by atoms with Crippen LogP contribution < -0.4 is 5.73 Å². The Bertz CT molecular complexity index is 601. The van der Waals surface area contributed by atoms with Gasteiger partial charge in [0.2, 0.25) is 10.0 Å². The maximum atomic E-state index is 12.4. The van der Waals surface area contributed by atoms with Crippen molar-refractivity contribution in [1.29, 1.82) is 0 Å². The molecular weight excluding hydrogens is 282 g/mol. The number of nitrogen functional groups attached to an aromatic ring is 1. The summed E-state index contributed by atoms with van der Waals surface area (Å²) < 4.78 is 26.1. The number of nitro groups is 1. The zero-order valence-electron chi connectivity index (χ0n) is 11.7. The molecule has 0 radical (unpaired) electrons. The van der Waals surface area contributed by atoms with E-state index in [9.17, 15) is 18.5 Å². The summed E-state index contributed by atoms with van der Waals surface area (Å²) in [6, 6.07) is 3.21. The summed E-state index contributed by atoms with van der Waals surface area (Å²) in [5, 5.41) is 10.6. The fourth-order valence-corrected chi connectivity index (χ4v) is 3.36. The van der Waals surface area contributed by atoms with E-state index in [1.54, 1.807) is 0 Å². The molecule has 0 aromatic heterocycles. The highest BCUT2D eigenvalue weighted by atomic mass is 32.2. The zero-order valence-corrected chi connectivity index (χ0v) is 12.6. The first-order chi connectivity index (χ1) is 9.21. The average Bonchev–Trinajstić information content (AvgIpc) is 2.37. The van der Waals surface area contributed by atoms with Crippen molar-refractivity contribution in [2.75, 3.05) is 12.8 Å². The highest BCUT2D eigenvalue weighted by Crippen LogP contribution is 2.27. The van der Waals surface area contributed by atoms with E-state index in [0.29, 0.717) is 0 Å². The SMILES string of the molecule is CCCC(C)N(C)S(=O)(=O)c1ccc([N+](=O)[O-])cc1N. The lowest BCUT2D eigenvalue weighted by molar-refractivity contribution is -0.384. The van der Waals surface area contributed by atoms with Crippen LogP contribution in [-0.2, 0) is 10.0 Å². The predicted molar refractivity (Wildman–Crippen MR) is 76.8 cm³/mol. The van der Waals surface area contributed by atoms with Crippen molar-refractivity contribution in [3.63, 3.8) is 0 Å². The molecule has 1 aromatic rings. The number of nitro benzene ring substituents is 1. The van der Waals surface area contributed by atoms with E-state index >= 15 is 0 Å². The van der Waals surface area contributed by atoms with Crippen molar-refractivity contribution >= 4 is 21.4 Å². The van der Waals surface area contributed by atoms with Crippen LogP contribution in [0.1, 0.15) is 26.7 Å². The lowest BCUT2D eigenvalue weighted by atomic mass is 10.2. The molecule has 0 spiro atoms. The van der Waals surface area contributed by atoms with Crippen LogP contribution in [-0.4, -0.2) is 30.7 Å². The maximum absolute atomic E-state index is 12.4. The minimum atomic E-state index is -3.75. The first kappa shape index (κ1) is 16.4. The van der Waals surface area contributed by atoms with Gasteiger partial charge in [-0.05, 0) is 19.4 Å². The summed E-state index contributed by atoms with van der Waals surface area (Å²) in [6.07, 6.45) is 1.58. The van der Waals surface area contributed by atoms with Gasteiger partial charge in [-0.25, -0.2) is 8.42 Å². The summed E-state index contributed by atoms with van der Waals surface area (Å²) in [4.78, 5) is 9.91. The van der Waals surface area contributed by atoms with Crippen LogP contribution in [0.2, 0.25) is 0 Å². The predicted octanol–water partition coefficient (Wildman–Crippen LogP) is 1.99. The largest absolute Gasteiger partial charge is 0.397 e. The van der Waals surface area contributed by atoms with Crippen LogP contribution in [0.25, 0.3) is 0 Å². The number of non-ortho nitro benzene ring substituents is 1. The molecule has 2 N–H and O–H groups in total. The molecule has 0 aliphatic carbocycles. The molecule has 0 heterocycles. The number of rotatable bonds is 6. The van der Waals surface area contributed by atoms with Crippen LogP contribution >= 0.6 is 0 Å². The lowest BCUT2D eigenvalue weighted by Gasteiger charge is -2.24. The zero-order chi connectivity index (χ0) is 15.5. The van der Waals surface area contributed by atoms with Crippen LogP contribution in [0.4, 0.5) is 11.4 Å². The van der Waals surface area contributed by atoms with Gasteiger partial charge < -0.3 is 5.73 Å². The van der Waals surface area contributed by atoms with Crippen LogP contribution in [0.15, 0.2) is 23.1 Å². The Labute approximate surface area is 118 Å². The molecular formula is C12H19N3O4S. The first-order valence-electron chi connectivity index (χ1n) is 6.23. The summed E-state index contributed by atoms with van der Waals surface area (Å²) in [5.41, 5.74) is 5.30. The fraction of sp³-hybridized carbons (Fsp3) is 0.500. The third-order valence-corrected chi connectivity index (χ3v) is 5.23. The normalized spacial score (nSPS) is 13.4.